The van der Waals surface area contributed by atoms with Crippen LogP contribution in [0.1, 0.15) is 5.56 Å². The van der Waals surface area contributed by atoms with Gasteiger partial charge in [-0.1, -0.05) is 11.6 Å². The van der Waals surface area contributed by atoms with E-state index in [1.54, 1.807) is 0 Å². The molecule has 2 nitrogen and oxygen atoms in total. The van der Waals surface area contributed by atoms with Crippen molar-refractivity contribution in [3.63, 3.8) is 0 Å². The van der Waals surface area contributed by atoms with Gasteiger partial charge in [0.15, 0.2) is 0 Å². The summed E-state index contributed by atoms with van der Waals surface area (Å²) in [6.07, 6.45) is 0. The minimum Gasteiger partial charge on any atom is -0.372 e. The zero-order valence-electron chi connectivity index (χ0n) is 6.02. The van der Waals surface area contributed by atoms with Crippen molar-refractivity contribution in [1.29, 1.82) is 0 Å². The van der Waals surface area contributed by atoms with Crippen LogP contribution in [0.3, 0.4) is 0 Å². The maximum Gasteiger partial charge on any atom is 0.0655 e. The molecule has 0 bridgehead atoms. The van der Waals surface area contributed by atoms with Crippen LogP contribution in [0.25, 0.3) is 0 Å². The van der Waals surface area contributed by atoms with Crippen molar-refractivity contribution < 1.29 is 0 Å². The van der Waals surface area contributed by atoms with Crippen LogP contribution in [0.15, 0.2) is 18.2 Å². The third-order valence-corrected chi connectivity index (χ3v) is 2.02. The Morgan fingerprint density at radius 2 is 2.27 bits per heavy atom. The molecule has 1 aliphatic heterocycles. The van der Waals surface area contributed by atoms with E-state index < -0.39 is 0 Å². The fraction of sp³-hybridized carbons (Fsp3) is 0.250. The summed E-state index contributed by atoms with van der Waals surface area (Å²) in [5.41, 5.74) is 2.43. The number of hydrogen-bond acceptors (Lipinski definition) is 2. The van der Waals surface area contributed by atoms with Crippen molar-refractivity contribution in [3.05, 3.63) is 28.8 Å². The Hall–Kier alpha value is -0.730. The molecule has 0 saturated carbocycles. The molecule has 0 aliphatic carbocycles. The average Bonchev–Trinajstić information content (AvgIpc) is 2.04. The molecular weight excluding hydrogens is 160 g/mol. The second-order valence-corrected chi connectivity index (χ2v) is 3.02. The fourth-order valence-corrected chi connectivity index (χ4v) is 1.43. The largest absolute Gasteiger partial charge is 0.372 e. The Morgan fingerprint density at radius 1 is 1.36 bits per heavy atom. The molecule has 0 unspecified atom stereocenters. The lowest BCUT2D eigenvalue weighted by Gasteiger charge is -2.18. The van der Waals surface area contributed by atoms with Crippen LogP contribution in [-0.4, -0.2) is 6.67 Å². The highest BCUT2D eigenvalue weighted by Crippen LogP contribution is 2.21. The normalized spacial score (nSPS) is 15.4. The van der Waals surface area contributed by atoms with Crippen LogP contribution in [0.2, 0.25) is 5.02 Å². The summed E-state index contributed by atoms with van der Waals surface area (Å²) in [5, 5.41) is 7.22. The predicted octanol–water partition coefficient (Wildman–Crippen LogP) is 1.81. The van der Waals surface area contributed by atoms with Crippen molar-refractivity contribution in [1.82, 2.24) is 5.32 Å². The molecule has 0 atom stereocenters. The third kappa shape index (κ3) is 1.32. The van der Waals surface area contributed by atoms with Crippen LogP contribution in [0.5, 0.6) is 0 Å². The highest BCUT2D eigenvalue weighted by Gasteiger charge is 2.06. The molecule has 3 heteroatoms. The Bertz CT molecular complexity index is 273. The first-order valence-electron chi connectivity index (χ1n) is 3.59. The van der Waals surface area contributed by atoms with E-state index in [9.17, 15) is 0 Å². The van der Waals surface area contributed by atoms with Gasteiger partial charge < -0.3 is 5.32 Å². The van der Waals surface area contributed by atoms with Gasteiger partial charge >= 0.3 is 0 Å². The SMILES string of the molecule is Clc1ccc2c(c1)CNCN2. The van der Waals surface area contributed by atoms with E-state index in [1.165, 1.54) is 11.3 Å². The smallest absolute Gasteiger partial charge is 0.0655 e. The summed E-state index contributed by atoms with van der Waals surface area (Å²) in [7, 11) is 0. The van der Waals surface area contributed by atoms with Gasteiger partial charge in [-0.2, -0.15) is 0 Å². The fourth-order valence-electron chi connectivity index (χ4n) is 1.24. The zero-order chi connectivity index (χ0) is 7.68. The first-order valence-corrected chi connectivity index (χ1v) is 3.97. The maximum atomic E-state index is 5.82. The van der Waals surface area contributed by atoms with E-state index in [-0.39, 0.29) is 0 Å². The van der Waals surface area contributed by atoms with Crippen molar-refractivity contribution in [2.45, 2.75) is 6.54 Å². The molecule has 0 fully saturated rings. The Labute approximate surface area is 70.6 Å². The van der Waals surface area contributed by atoms with Gasteiger partial charge in [-0.05, 0) is 23.8 Å². The number of nitrogens with one attached hydrogen (secondary N) is 2. The molecule has 1 heterocycles. The van der Waals surface area contributed by atoms with Crippen LogP contribution in [0, 0.1) is 0 Å². The predicted molar refractivity (Wildman–Crippen MR) is 46.8 cm³/mol. The van der Waals surface area contributed by atoms with Crippen molar-refractivity contribution in [3.8, 4) is 0 Å². The molecule has 1 aromatic rings. The zero-order valence-corrected chi connectivity index (χ0v) is 6.78. The molecule has 11 heavy (non-hydrogen) atoms. The van der Waals surface area contributed by atoms with Crippen LogP contribution in [-0.2, 0) is 6.54 Å². The summed E-state index contributed by atoms with van der Waals surface area (Å²) in [6.45, 7) is 1.75. The lowest BCUT2D eigenvalue weighted by atomic mass is 10.1. The number of benzene rings is 1. The lowest BCUT2D eigenvalue weighted by molar-refractivity contribution is 0.709. The van der Waals surface area contributed by atoms with Crippen molar-refractivity contribution >= 4 is 17.3 Å². The van der Waals surface area contributed by atoms with Gasteiger partial charge in [0.25, 0.3) is 0 Å². The van der Waals surface area contributed by atoms with Gasteiger partial charge in [0.1, 0.15) is 0 Å². The van der Waals surface area contributed by atoms with Gasteiger partial charge in [-0.3, -0.25) is 5.32 Å². The number of rotatable bonds is 0. The highest BCUT2D eigenvalue weighted by molar-refractivity contribution is 6.30. The van der Waals surface area contributed by atoms with E-state index in [0.717, 1.165) is 18.2 Å². The summed E-state index contributed by atoms with van der Waals surface area (Å²) < 4.78 is 0. The van der Waals surface area contributed by atoms with E-state index in [0.29, 0.717) is 0 Å². The maximum absolute atomic E-state index is 5.82. The second kappa shape index (κ2) is 2.72. The van der Waals surface area contributed by atoms with Gasteiger partial charge in [-0.15, -0.1) is 0 Å². The molecule has 58 valence electrons. The van der Waals surface area contributed by atoms with E-state index in [2.05, 4.69) is 10.6 Å². The van der Waals surface area contributed by atoms with Crippen LogP contribution >= 0.6 is 11.6 Å². The quantitative estimate of drug-likeness (QED) is 0.618. The first-order chi connectivity index (χ1) is 5.36. The molecule has 0 spiro atoms. The summed E-state index contributed by atoms with van der Waals surface area (Å²) in [6, 6.07) is 5.90. The molecule has 1 aliphatic rings. The lowest BCUT2D eigenvalue weighted by Crippen LogP contribution is -2.27. The van der Waals surface area contributed by atoms with E-state index in [1.807, 2.05) is 18.2 Å². The topological polar surface area (TPSA) is 24.1 Å². The van der Waals surface area contributed by atoms with Crippen molar-refractivity contribution in [2.75, 3.05) is 12.0 Å². The average molecular weight is 169 g/mol. The number of fused-ring (bicyclic) bond motifs is 1. The molecular formula is C8H9ClN2. The van der Waals surface area contributed by atoms with Crippen molar-refractivity contribution in [2.24, 2.45) is 0 Å². The molecule has 1 aromatic carbocycles. The number of halogens is 1. The Balaban J connectivity index is 2.43. The molecule has 0 amide bonds. The Kier molecular flexibility index (Phi) is 1.72. The van der Waals surface area contributed by atoms with Gasteiger partial charge in [0, 0.05) is 17.3 Å². The van der Waals surface area contributed by atoms with Gasteiger partial charge in [0.05, 0.1) is 6.67 Å². The standard InChI is InChI=1S/C8H9ClN2/c9-7-1-2-8-6(3-7)4-10-5-11-8/h1-3,10-11H,4-5H2. The number of hydrogen-bond donors (Lipinski definition) is 2. The second-order valence-electron chi connectivity index (χ2n) is 2.58. The highest BCUT2D eigenvalue weighted by atomic mass is 35.5. The first kappa shape index (κ1) is 6.95. The van der Waals surface area contributed by atoms with Gasteiger partial charge in [-0.25, -0.2) is 0 Å². The minimum absolute atomic E-state index is 0.800. The number of anilines is 1. The van der Waals surface area contributed by atoms with Crippen LogP contribution < -0.4 is 10.6 Å². The third-order valence-electron chi connectivity index (χ3n) is 1.79. The Morgan fingerprint density at radius 3 is 3.18 bits per heavy atom. The minimum atomic E-state index is 0.800. The molecule has 0 aromatic heterocycles. The molecule has 0 radical (unpaired) electrons. The molecule has 2 N–H and O–H groups in total. The van der Waals surface area contributed by atoms with Gasteiger partial charge in [0.2, 0.25) is 0 Å². The summed E-state index contributed by atoms with van der Waals surface area (Å²) in [4.78, 5) is 0. The molecule has 2 rings (SSSR count). The summed E-state index contributed by atoms with van der Waals surface area (Å²) >= 11 is 5.82. The molecule has 0 saturated heterocycles. The van der Waals surface area contributed by atoms with E-state index in [4.69, 9.17) is 11.6 Å². The summed E-state index contributed by atoms with van der Waals surface area (Å²) in [5.74, 6) is 0. The van der Waals surface area contributed by atoms with Crippen LogP contribution in [0.4, 0.5) is 5.69 Å². The monoisotopic (exact) mass is 168 g/mol. The van der Waals surface area contributed by atoms with E-state index >= 15 is 0 Å².